The zero-order valence-corrected chi connectivity index (χ0v) is 24.3. The Labute approximate surface area is 226 Å². The topological polar surface area (TPSA) is 84.9 Å². The molecule has 0 aliphatic heterocycles. The molecule has 1 atom stereocenters. The normalized spacial score (nSPS) is 12.2. The van der Waals surface area contributed by atoms with Crippen LogP contribution < -0.4 is 19.1 Å². The molecule has 0 bridgehead atoms. The largest absolute Gasteiger partial charge is 0.496 e. The number of methoxy groups -OCH3 is 2. The van der Waals surface area contributed by atoms with E-state index in [1.54, 1.807) is 43.5 Å². The van der Waals surface area contributed by atoms with Crippen molar-refractivity contribution >= 4 is 21.6 Å². The van der Waals surface area contributed by atoms with Crippen molar-refractivity contribution in [2.24, 2.45) is 0 Å². The van der Waals surface area contributed by atoms with Gasteiger partial charge in [0.05, 0.1) is 30.8 Å². The van der Waals surface area contributed by atoms with Gasteiger partial charge in [-0.15, -0.1) is 0 Å². The molecule has 0 saturated carbocycles. The van der Waals surface area contributed by atoms with Crippen LogP contribution in [0.2, 0.25) is 0 Å². The fourth-order valence-electron chi connectivity index (χ4n) is 4.44. The first-order valence-electron chi connectivity index (χ1n) is 12.6. The summed E-state index contributed by atoms with van der Waals surface area (Å²) in [4.78, 5) is 13.5. The first kappa shape index (κ1) is 29.0. The van der Waals surface area contributed by atoms with Gasteiger partial charge in [-0.2, -0.15) is 0 Å². The Balaban J connectivity index is 1.99. The highest BCUT2D eigenvalue weighted by Gasteiger charge is 2.30. The van der Waals surface area contributed by atoms with Crippen molar-refractivity contribution in [1.29, 1.82) is 0 Å². The summed E-state index contributed by atoms with van der Waals surface area (Å²) in [6.45, 7) is 11.4. The van der Waals surface area contributed by atoms with Gasteiger partial charge >= 0.3 is 0 Å². The van der Waals surface area contributed by atoms with Crippen LogP contribution in [0.25, 0.3) is 0 Å². The number of carbonyl (C=O) groups excluding carboxylic acids is 1. The third-order valence-electron chi connectivity index (χ3n) is 6.58. The van der Waals surface area contributed by atoms with Gasteiger partial charge in [-0.25, -0.2) is 8.42 Å². The number of ether oxygens (including phenoxy) is 2. The predicted molar refractivity (Wildman–Crippen MR) is 152 cm³/mol. The molecule has 0 heterocycles. The minimum Gasteiger partial charge on any atom is -0.496 e. The van der Waals surface area contributed by atoms with E-state index >= 15 is 0 Å². The lowest BCUT2D eigenvalue weighted by Crippen LogP contribution is -2.42. The van der Waals surface area contributed by atoms with E-state index in [9.17, 15) is 13.2 Å². The number of hydrogen-bond donors (Lipinski definition) is 1. The fourth-order valence-corrected chi connectivity index (χ4v) is 5.86. The number of aryl methyl sites for hydroxylation is 3. The highest BCUT2D eigenvalue weighted by Crippen LogP contribution is 2.34. The van der Waals surface area contributed by atoms with Gasteiger partial charge in [0, 0.05) is 0 Å². The minimum atomic E-state index is -4.07. The Kier molecular flexibility index (Phi) is 9.09. The van der Waals surface area contributed by atoms with E-state index in [1.165, 1.54) is 7.11 Å². The number of nitrogens with one attached hydrogen (secondary N) is 1. The van der Waals surface area contributed by atoms with E-state index in [4.69, 9.17) is 9.47 Å². The molecule has 3 aromatic carbocycles. The van der Waals surface area contributed by atoms with Crippen LogP contribution in [0.5, 0.6) is 11.5 Å². The van der Waals surface area contributed by atoms with Gasteiger partial charge in [-0.05, 0) is 92.3 Å². The van der Waals surface area contributed by atoms with E-state index in [2.05, 4.69) is 19.2 Å². The molecule has 0 aliphatic carbocycles. The van der Waals surface area contributed by atoms with E-state index in [0.717, 1.165) is 37.9 Å². The predicted octanol–water partition coefficient (Wildman–Crippen LogP) is 5.83. The van der Waals surface area contributed by atoms with E-state index in [0.29, 0.717) is 11.4 Å². The molecule has 0 spiro atoms. The maximum atomic E-state index is 13.8. The summed E-state index contributed by atoms with van der Waals surface area (Å²) in [5.41, 5.74) is 5.05. The SMILES string of the molecule is COc1cc(C)c([C@@H](C)NC(=O)CN(c2cc(C)ccc2OC)S(=O)(=O)c2ccc(C)cc2)cc1C(C)C. The average Bonchev–Trinajstić information content (AvgIpc) is 2.86. The Hall–Kier alpha value is -3.52. The summed E-state index contributed by atoms with van der Waals surface area (Å²) in [5, 5.41) is 3.00. The third-order valence-corrected chi connectivity index (χ3v) is 8.36. The van der Waals surface area contributed by atoms with Crippen molar-refractivity contribution in [3.63, 3.8) is 0 Å². The molecule has 3 aromatic rings. The van der Waals surface area contributed by atoms with Gasteiger partial charge in [0.25, 0.3) is 10.0 Å². The Bertz CT molecular complexity index is 1400. The molecule has 204 valence electrons. The number of hydrogen-bond acceptors (Lipinski definition) is 5. The Morgan fingerprint density at radius 2 is 1.45 bits per heavy atom. The highest BCUT2D eigenvalue weighted by molar-refractivity contribution is 7.92. The molecule has 0 aromatic heterocycles. The van der Waals surface area contributed by atoms with Crippen molar-refractivity contribution in [2.45, 2.75) is 58.4 Å². The second kappa shape index (κ2) is 11.9. The molecule has 0 fully saturated rings. The first-order valence-corrected chi connectivity index (χ1v) is 14.0. The second-order valence-electron chi connectivity index (χ2n) is 9.89. The molecule has 0 saturated heterocycles. The number of amides is 1. The Morgan fingerprint density at radius 3 is 2.03 bits per heavy atom. The quantitative estimate of drug-likeness (QED) is 0.351. The molecule has 0 radical (unpaired) electrons. The monoisotopic (exact) mass is 538 g/mol. The molecule has 7 nitrogen and oxygen atoms in total. The third kappa shape index (κ3) is 6.30. The minimum absolute atomic E-state index is 0.0973. The van der Waals surface area contributed by atoms with Gasteiger partial charge in [0.2, 0.25) is 5.91 Å². The van der Waals surface area contributed by atoms with Crippen LogP contribution in [0, 0.1) is 20.8 Å². The molecule has 1 amide bonds. The van der Waals surface area contributed by atoms with Gasteiger partial charge < -0.3 is 14.8 Å². The maximum Gasteiger partial charge on any atom is 0.264 e. The smallest absolute Gasteiger partial charge is 0.264 e. The van der Waals surface area contributed by atoms with E-state index in [1.807, 2.05) is 45.9 Å². The summed E-state index contributed by atoms with van der Waals surface area (Å²) in [5.74, 6) is 0.968. The summed E-state index contributed by atoms with van der Waals surface area (Å²) >= 11 is 0. The Morgan fingerprint density at radius 1 is 0.842 bits per heavy atom. The standard InChI is InChI=1S/C30H38N2O5S/c1-19(2)25-17-26(22(5)16-29(25)37-8)23(6)31-30(33)18-32(27-15-21(4)11-14-28(27)36-7)38(34,35)24-12-9-20(3)10-13-24/h9-17,19,23H,18H2,1-8H3,(H,31,33)/t23-/m1/s1. The molecule has 3 rings (SSSR count). The highest BCUT2D eigenvalue weighted by atomic mass is 32.2. The first-order chi connectivity index (χ1) is 17.9. The number of sulfonamides is 1. The van der Waals surface area contributed by atoms with Crippen LogP contribution in [-0.2, 0) is 14.8 Å². The number of benzene rings is 3. The van der Waals surface area contributed by atoms with Crippen molar-refractivity contribution in [1.82, 2.24) is 5.32 Å². The molecule has 8 heteroatoms. The number of nitrogens with zero attached hydrogens (tertiary/aromatic N) is 1. The zero-order chi connectivity index (χ0) is 28.2. The maximum absolute atomic E-state index is 13.8. The van der Waals surface area contributed by atoms with Crippen molar-refractivity contribution in [3.05, 3.63) is 82.4 Å². The molecular weight excluding hydrogens is 500 g/mol. The number of rotatable bonds is 10. The summed E-state index contributed by atoms with van der Waals surface area (Å²) < 4.78 is 39.8. The van der Waals surface area contributed by atoms with Gasteiger partial charge in [-0.3, -0.25) is 9.10 Å². The average molecular weight is 539 g/mol. The molecular formula is C30H38N2O5S. The van der Waals surface area contributed by atoms with Crippen LogP contribution in [0.4, 0.5) is 5.69 Å². The second-order valence-corrected chi connectivity index (χ2v) is 11.8. The number of anilines is 1. The van der Waals surface area contributed by atoms with Crippen molar-refractivity contribution in [3.8, 4) is 11.5 Å². The molecule has 0 aliphatic rings. The summed E-state index contributed by atoms with van der Waals surface area (Å²) in [6.07, 6.45) is 0. The lowest BCUT2D eigenvalue weighted by molar-refractivity contribution is -0.120. The van der Waals surface area contributed by atoms with Crippen LogP contribution >= 0.6 is 0 Å². The number of carbonyl (C=O) groups is 1. The molecule has 1 N–H and O–H groups in total. The zero-order valence-electron chi connectivity index (χ0n) is 23.5. The van der Waals surface area contributed by atoms with E-state index in [-0.39, 0.29) is 16.9 Å². The summed E-state index contributed by atoms with van der Waals surface area (Å²) in [6, 6.07) is 15.5. The molecule has 38 heavy (non-hydrogen) atoms. The van der Waals surface area contributed by atoms with Gasteiger partial charge in [0.15, 0.2) is 0 Å². The van der Waals surface area contributed by atoms with Gasteiger partial charge in [0.1, 0.15) is 18.0 Å². The van der Waals surface area contributed by atoms with Crippen LogP contribution in [0.15, 0.2) is 59.5 Å². The lowest BCUT2D eigenvalue weighted by atomic mass is 9.93. The van der Waals surface area contributed by atoms with Crippen molar-refractivity contribution in [2.75, 3.05) is 25.1 Å². The fraction of sp³-hybridized carbons (Fsp3) is 0.367. The van der Waals surface area contributed by atoms with E-state index < -0.39 is 22.5 Å². The van der Waals surface area contributed by atoms with Gasteiger partial charge in [-0.1, -0.05) is 37.6 Å². The molecule has 0 unspecified atom stereocenters. The summed E-state index contributed by atoms with van der Waals surface area (Å²) in [7, 11) is -0.950. The van der Waals surface area contributed by atoms with Crippen LogP contribution in [-0.4, -0.2) is 35.1 Å². The van der Waals surface area contributed by atoms with Crippen molar-refractivity contribution < 1.29 is 22.7 Å². The lowest BCUT2D eigenvalue weighted by Gasteiger charge is -2.27. The van der Waals surface area contributed by atoms with Crippen LogP contribution in [0.3, 0.4) is 0 Å². The van der Waals surface area contributed by atoms with Crippen LogP contribution in [0.1, 0.15) is 60.5 Å².